The lowest BCUT2D eigenvalue weighted by atomic mass is 9.74. The highest BCUT2D eigenvalue weighted by Gasteiger charge is 2.34. The van der Waals surface area contributed by atoms with E-state index in [9.17, 15) is 0 Å². The van der Waals surface area contributed by atoms with E-state index < -0.39 is 0 Å². The molecule has 1 aromatic rings. The van der Waals surface area contributed by atoms with Crippen molar-refractivity contribution in [1.29, 1.82) is 0 Å². The highest BCUT2D eigenvalue weighted by atomic mass is 127. The van der Waals surface area contributed by atoms with Crippen LogP contribution in [0.25, 0.3) is 0 Å². The smallest absolute Gasteiger partial charge is 0.191 e. The van der Waals surface area contributed by atoms with Gasteiger partial charge >= 0.3 is 0 Å². The first-order valence-electron chi connectivity index (χ1n) is 8.98. The predicted molar refractivity (Wildman–Crippen MR) is 118 cm³/mol. The molecule has 0 amide bonds. The summed E-state index contributed by atoms with van der Waals surface area (Å²) in [6, 6.07) is 8.66. The minimum Gasteiger partial charge on any atom is -0.381 e. The number of likely N-dealkylation sites (tertiary alicyclic amines) is 1. The highest BCUT2D eigenvalue weighted by molar-refractivity contribution is 14.0. The van der Waals surface area contributed by atoms with E-state index in [1.165, 1.54) is 18.4 Å². The van der Waals surface area contributed by atoms with Gasteiger partial charge in [-0.15, -0.1) is 24.0 Å². The molecule has 0 bridgehead atoms. The zero-order valence-electron chi connectivity index (χ0n) is 14.9. The number of benzene rings is 1. The van der Waals surface area contributed by atoms with Crippen molar-refractivity contribution in [2.75, 3.05) is 32.8 Å². The van der Waals surface area contributed by atoms with Gasteiger partial charge in [-0.3, -0.25) is 4.99 Å². The second-order valence-corrected chi connectivity index (χ2v) is 8.16. The summed E-state index contributed by atoms with van der Waals surface area (Å²) >= 11 is 3.53. The molecule has 2 fully saturated rings. The van der Waals surface area contributed by atoms with Crippen LogP contribution in [0.3, 0.4) is 0 Å². The average molecular weight is 522 g/mol. The van der Waals surface area contributed by atoms with Crippen molar-refractivity contribution < 1.29 is 4.74 Å². The van der Waals surface area contributed by atoms with Gasteiger partial charge in [0, 0.05) is 36.2 Å². The first-order chi connectivity index (χ1) is 11.6. The molecule has 0 saturated carbocycles. The van der Waals surface area contributed by atoms with Crippen LogP contribution in [0.2, 0.25) is 0 Å². The van der Waals surface area contributed by atoms with Crippen molar-refractivity contribution in [3.63, 3.8) is 0 Å². The predicted octanol–water partition coefficient (Wildman–Crippen LogP) is 4.16. The lowest BCUT2D eigenvalue weighted by molar-refractivity contribution is 0.0530. The zero-order chi connectivity index (χ0) is 17.0. The number of nitrogens with two attached hydrogens (primary N) is 1. The molecule has 2 aliphatic rings. The van der Waals surface area contributed by atoms with Crippen LogP contribution in [0.4, 0.5) is 0 Å². The van der Waals surface area contributed by atoms with Crippen LogP contribution in [0.15, 0.2) is 33.7 Å². The van der Waals surface area contributed by atoms with Gasteiger partial charge in [0.05, 0.1) is 6.54 Å². The maximum Gasteiger partial charge on any atom is 0.191 e. The van der Waals surface area contributed by atoms with Gasteiger partial charge in [-0.25, -0.2) is 0 Å². The van der Waals surface area contributed by atoms with Gasteiger partial charge < -0.3 is 15.4 Å². The maximum atomic E-state index is 6.31. The van der Waals surface area contributed by atoms with Crippen LogP contribution in [-0.4, -0.2) is 43.7 Å². The molecule has 0 radical (unpaired) electrons. The largest absolute Gasteiger partial charge is 0.381 e. The van der Waals surface area contributed by atoms with Crippen molar-refractivity contribution >= 4 is 45.9 Å². The second-order valence-electron chi connectivity index (χ2n) is 7.24. The molecular weight excluding hydrogens is 493 g/mol. The van der Waals surface area contributed by atoms with Crippen LogP contribution in [0.5, 0.6) is 0 Å². The van der Waals surface area contributed by atoms with Crippen LogP contribution in [-0.2, 0) is 10.2 Å². The third-order valence-corrected chi connectivity index (χ3v) is 6.09. The average Bonchev–Trinajstić information content (AvgIpc) is 2.62. The van der Waals surface area contributed by atoms with Gasteiger partial charge in [-0.1, -0.05) is 35.0 Å². The molecule has 6 heteroatoms. The SMILES string of the molecule is CC1CCN(C(N)=NCC2(c3ccc(Br)cc3)CCOCC2)CC1.I. The van der Waals surface area contributed by atoms with Gasteiger partial charge in [-0.05, 0) is 49.3 Å². The summed E-state index contributed by atoms with van der Waals surface area (Å²) in [5, 5.41) is 0. The fraction of sp³-hybridized carbons (Fsp3) is 0.632. The number of ether oxygens (including phenoxy) is 1. The number of rotatable bonds is 3. The number of guanidine groups is 1. The van der Waals surface area contributed by atoms with Crippen LogP contribution in [0, 0.1) is 5.92 Å². The number of piperidine rings is 1. The third-order valence-electron chi connectivity index (χ3n) is 5.56. The molecule has 0 aromatic heterocycles. The molecule has 2 saturated heterocycles. The minimum atomic E-state index is 0. The molecule has 2 aliphatic heterocycles. The molecule has 2 N–H and O–H groups in total. The summed E-state index contributed by atoms with van der Waals surface area (Å²) in [4.78, 5) is 7.07. The Hall–Kier alpha value is -0.340. The molecule has 0 atom stereocenters. The molecule has 0 unspecified atom stereocenters. The minimum absolute atomic E-state index is 0. The van der Waals surface area contributed by atoms with Crippen molar-refractivity contribution in [1.82, 2.24) is 4.90 Å². The Balaban J connectivity index is 0.00000225. The van der Waals surface area contributed by atoms with E-state index in [0.717, 1.165) is 56.1 Å². The Morgan fingerprint density at radius 2 is 1.84 bits per heavy atom. The topological polar surface area (TPSA) is 50.8 Å². The number of nitrogens with zero attached hydrogens (tertiary/aromatic N) is 2. The van der Waals surface area contributed by atoms with Crippen molar-refractivity contribution in [2.24, 2.45) is 16.6 Å². The van der Waals surface area contributed by atoms with Crippen LogP contribution >= 0.6 is 39.9 Å². The van der Waals surface area contributed by atoms with E-state index >= 15 is 0 Å². The molecule has 1 aromatic carbocycles. The summed E-state index contributed by atoms with van der Waals surface area (Å²) in [5.41, 5.74) is 7.70. The van der Waals surface area contributed by atoms with E-state index in [4.69, 9.17) is 15.5 Å². The summed E-state index contributed by atoms with van der Waals surface area (Å²) in [6.45, 7) is 6.72. The van der Waals surface area contributed by atoms with Gasteiger partial charge in [0.15, 0.2) is 5.96 Å². The molecule has 140 valence electrons. The van der Waals surface area contributed by atoms with Crippen molar-refractivity contribution in [3.05, 3.63) is 34.3 Å². The van der Waals surface area contributed by atoms with Gasteiger partial charge in [0.2, 0.25) is 0 Å². The van der Waals surface area contributed by atoms with Crippen LogP contribution in [0.1, 0.15) is 38.2 Å². The van der Waals surface area contributed by atoms with E-state index in [1.54, 1.807) is 0 Å². The van der Waals surface area contributed by atoms with Gasteiger partial charge in [-0.2, -0.15) is 0 Å². The normalized spacial score (nSPS) is 21.7. The summed E-state index contributed by atoms with van der Waals surface area (Å²) in [5.74, 6) is 1.52. The Morgan fingerprint density at radius 1 is 1.24 bits per heavy atom. The summed E-state index contributed by atoms with van der Waals surface area (Å²) in [7, 11) is 0. The van der Waals surface area contributed by atoms with E-state index in [2.05, 4.69) is 52.0 Å². The monoisotopic (exact) mass is 521 g/mol. The Morgan fingerprint density at radius 3 is 2.44 bits per heavy atom. The maximum absolute atomic E-state index is 6.31. The van der Waals surface area contributed by atoms with E-state index in [1.807, 2.05) is 0 Å². The first kappa shape index (κ1) is 21.0. The quantitative estimate of drug-likeness (QED) is 0.369. The third kappa shape index (κ3) is 5.32. The van der Waals surface area contributed by atoms with Crippen molar-refractivity contribution in [3.8, 4) is 0 Å². The number of hydrogen-bond donors (Lipinski definition) is 1. The number of aliphatic imine (C=N–C) groups is 1. The van der Waals surface area contributed by atoms with E-state index in [-0.39, 0.29) is 29.4 Å². The Kier molecular flexibility index (Phi) is 8.01. The highest BCUT2D eigenvalue weighted by Crippen LogP contribution is 2.36. The van der Waals surface area contributed by atoms with Crippen molar-refractivity contribution in [2.45, 2.75) is 38.0 Å². The molecular formula is C19H29BrIN3O. The Bertz CT molecular complexity index is 565. The lowest BCUT2D eigenvalue weighted by Crippen LogP contribution is -2.44. The van der Waals surface area contributed by atoms with E-state index in [0.29, 0.717) is 5.96 Å². The molecule has 0 aliphatic carbocycles. The second kappa shape index (κ2) is 9.55. The van der Waals surface area contributed by atoms with Crippen LogP contribution < -0.4 is 5.73 Å². The summed E-state index contributed by atoms with van der Waals surface area (Å²) in [6.07, 6.45) is 4.43. The molecule has 3 rings (SSSR count). The molecule has 4 nitrogen and oxygen atoms in total. The summed E-state index contributed by atoms with van der Waals surface area (Å²) < 4.78 is 6.72. The first-order valence-corrected chi connectivity index (χ1v) is 9.77. The van der Waals surface area contributed by atoms with Gasteiger partial charge in [0.25, 0.3) is 0 Å². The fourth-order valence-corrected chi connectivity index (χ4v) is 3.94. The molecule has 2 heterocycles. The number of halogens is 2. The zero-order valence-corrected chi connectivity index (χ0v) is 18.8. The Labute approximate surface area is 176 Å². The number of hydrogen-bond acceptors (Lipinski definition) is 2. The molecule has 0 spiro atoms. The fourth-order valence-electron chi connectivity index (χ4n) is 3.67. The molecule has 25 heavy (non-hydrogen) atoms. The lowest BCUT2D eigenvalue weighted by Gasteiger charge is -2.37. The van der Waals surface area contributed by atoms with Gasteiger partial charge in [0.1, 0.15) is 0 Å². The standard InChI is InChI=1S/C19H28BrN3O.HI/c1-15-6-10-23(11-7-15)18(21)22-14-19(8-12-24-13-9-19)16-2-4-17(20)5-3-16;/h2-5,15H,6-14H2,1H3,(H2,21,22);1H.